The van der Waals surface area contributed by atoms with Crippen LogP contribution in [-0.4, -0.2) is 36.4 Å². The maximum absolute atomic E-state index is 12.5. The Bertz CT molecular complexity index is 1010. The Labute approximate surface area is 179 Å². The third-order valence-corrected chi connectivity index (χ3v) is 4.50. The largest absolute Gasteiger partial charge is 0.497 e. The van der Waals surface area contributed by atoms with Gasteiger partial charge in [-0.15, -0.1) is 0 Å². The molecular weight excluding hydrogens is 410 g/mol. The lowest BCUT2D eigenvalue weighted by molar-refractivity contribution is -0.128. The highest BCUT2D eigenvalue weighted by molar-refractivity contribution is 6.30. The number of hydrogen-bond donors (Lipinski definition) is 1. The number of carbonyl (C=O) groups is 1. The van der Waals surface area contributed by atoms with E-state index >= 15 is 0 Å². The molecule has 8 nitrogen and oxygen atoms in total. The molecule has 158 valence electrons. The Kier molecular flexibility index (Phi) is 7.13. The first kappa shape index (κ1) is 21.4. The minimum atomic E-state index is -0.674. The van der Waals surface area contributed by atoms with E-state index < -0.39 is 6.10 Å². The van der Waals surface area contributed by atoms with E-state index in [0.29, 0.717) is 40.1 Å². The molecule has 1 N–H and O–H groups in total. The third-order valence-electron chi connectivity index (χ3n) is 4.27. The van der Waals surface area contributed by atoms with Gasteiger partial charge in [-0.3, -0.25) is 4.79 Å². The summed E-state index contributed by atoms with van der Waals surface area (Å²) in [5.74, 6) is 2.04. The number of ether oxygens (including phenoxy) is 3. The Balaban J connectivity index is 1.64. The van der Waals surface area contributed by atoms with Gasteiger partial charge >= 0.3 is 0 Å². The van der Waals surface area contributed by atoms with Gasteiger partial charge in [-0.1, -0.05) is 29.7 Å². The van der Waals surface area contributed by atoms with Crippen LogP contribution >= 0.6 is 11.6 Å². The van der Waals surface area contributed by atoms with Crippen molar-refractivity contribution in [3.05, 3.63) is 53.4 Å². The summed E-state index contributed by atoms with van der Waals surface area (Å²) in [6.07, 6.45) is -0.191. The number of rotatable bonds is 9. The molecule has 0 radical (unpaired) electrons. The average Bonchev–Trinajstić information content (AvgIpc) is 3.24. The molecule has 9 heteroatoms. The van der Waals surface area contributed by atoms with Crippen molar-refractivity contribution in [1.29, 1.82) is 0 Å². The number of hydrogen-bond acceptors (Lipinski definition) is 7. The molecule has 0 saturated carbocycles. The first-order valence-corrected chi connectivity index (χ1v) is 9.66. The van der Waals surface area contributed by atoms with E-state index in [1.165, 1.54) is 0 Å². The molecule has 0 fully saturated rings. The zero-order valence-corrected chi connectivity index (χ0v) is 17.6. The molecule has 3 aromatic rings. The zero-order valence-electron chi connectivity index (χ0n) is 16.8. The van der Waals surface area contributed by atoms with E-state index in [0.717, 1.165) is 0 Å². The van der Waals surface area contributed by atoms with Gasteiger partial charge in [0.25, 0.3) is 5.91 Å². The molecule has 0 aliphatic heterocycles. The SMILES string of the molecule is CC[C@@H](Oc1cccc(Cl)c1)C(=O)NCc1nc(-c2ccc(OC)cc2OC)no1. The van der Waals surface area contributed by atoms with Crippen LogP contribution in [0.25, 0.3) is 11.4 Å². The van der Waals surface area contributed by atoms with Crippen LogP contribution in [0.15, 0.2) is 47.0 Å². The van der Waals surface area contributed by atoms with Gasteiger partial charge < -0.3 is 24.1 Å². The summed E-state index contributed by atoms with van der Waals surface area (Å²) in [6, 6.07) is 12.2. The van der Waals surface area contributed by atoms with E-state index in [1.807, 2.05) is 6.92 Å². The van der Waals surface area contributed by atoms with Crippen LogP contribution in [0.5, 0.6) is 17.2 Å². The number of nitrogens with zero attached hydrogens (tertiary/aromatic N) is 2. The second-order valence-corrected chi connectivity index (χ2v) is 6.70. The summed E-state index contributed by atoms with van der Waals surface area (Å²) < 4.78 is 21.5. The molecule has 0 aliphatic rings. The molecule has 1 heterocycles. The number of benzene rings is 2. The van der Waals surface area contributed by atoms with Gasteiger partial charge in [0.15, 0.2) is 6.10 Å². The summed E-state index contributed by atoms with van der Waals surface area (Å²) in [6.45, 7) is 1.93. The monoisotopic (exact) mass is 431 g/mol. The van der Waals surface area contributed by atoms with E-state index in [9.17, 15) is 4.79 Å². The smallest absolute Gasteiger partial charge is 0.261 e. The predicted octanol–water partition coefficient (Wildman–Crippen LogP) is 3.88. The molecule has 0 bridgehead atoms. The number of halogens is 1. The Morgan fingerprint density at radius 1 is 1.17 bits per heavy atom. The standard InChI is InChI=1S/C21H22ClN3O5/c1-4-17(29-15-7-5-6-13(22)10-15)21(26)23-12-19-24-20(25-30-19)16-9-8-14(27-2)11-18(16)28-3/h5-11,17H,4,12H2,1-3H3,(H,23,26)/t17-/m1/s1. The molecule has 1 amide bonds. The maximum Gasteiger partial charge on any atom is 0.261 e. The van der Waals surface area contributed by atoms with E-state index in [2.05, 4.69) is 15.5 Å². The molecule has 2 aromatic carbocycles. The number of methoxy groups -OCH3 is 2. The molecule has 30 heavy (non-hydrogen) atoms. The Morgan fingerprint density at radius 3 is 2.70 bits per heavy atom. The van der Waals surface area contributed by atoms with Gasteiger partial charge in [-0.05, 0) is 36.8 Å². The molecule has 0 unspecified atom stereocenters. The van der Waals surface area contributed by atoms with Crippen LogP contribution in [0.4, 0.5) is 0 Å². The molecule has 0 spiro atoms. The van der Waals surface area contributed by atoms with Crippen LogP contribution in [0.2, 0.25) is 5.02 Å². The molecule has 1 aromatic heterocycles. The number of aromatic nitrogens is 2. The van der Waals surface area contributed by atoms with Crippen molar-refractivity contribution in [2.24, 2.45) is 0 Å². The first-order chi connectivity index (χ1) is 14.5. The first-order valence-electron chi connectivity index (χ1n) is 9.29. The van der Waals surface area contributed by atoms with Crippen molar-refractivity contribution < 1.29 is 23.5 Å². The van der Waals surface area contributed by atoms with Gasteiger partial charge in [-0.25, -0.2) is 0 Å². The fourth-order valence-corrected chi connectivity index (χ4v) is 2.90. The van der Waals surface area contributed by atoms with Crippen LogP contribution in [0, 0.1) is 0 Å². The molecule has 1 atom stereocenters. The second kappa shape index (κ2) is 9.98. The summed E-state index contributed by atoms with van der Waals surface area (Å²) >= 11 is 5.96. The lowest BCUT2D eigenvalue weighted by atomic mass is 10.2. The zero-order chi connectivity index (χ0) is 21.5. The lowest BCUT2D eigenvalue weighted by Crippen LogP contribution is -2.37. The van der Waals surface area contributed by atoms with Crippen LogP contribution in [0.3, 0.4) is 0 Å². The second-order valence-electron chi connectivity index (χ2n) is 6.27. The third kappa shape index (κ3) is 5.21. The molecule has 0 saturated heterocycles. The molecule has 3 rings (SSSR count). The van der Waals surface area contributed by atoms with Crippen molar-refractivity contribution in [3.8, 4) is 28.6 Å². The molecular formula is C21H22ClN3O5. The highest BCUT2D eigenvalue weighted by Gasteiger charge is 2.20. The normalized spacial score (nSPS) is 11.6. The van der Waals surface area contributed by atoms with Crippen LogP contribution in [0.1, 0.15) is 19.2 Å². The fourth-order valence-electron chi connectivity index (χ4n) is 2.72. The van der Waals surface area contributed by atoms with Gasteiger partial charge in [-0.2, -0.15) is 4.98 Å². The summed E-state index contributed by atoms with van der Waals surface area (Å²) in [5.41, 5.74) is 0.648. The molecule has 0 aliphatic carbocycles. The average molecular weight is 432 g/mol. The van der Waals surface area contributed by atoms with Gasteiger partial charge in [0.2, 0.25) is 11.7 Å². The van der Waals surface area contributed by atoms with Crippen molar-refractivity contribution in [2.45, 2.75) is 26.0 Å². The van der Waals surface area contributed by atoms with Gasteiger partial charge in [0.1, 0.15) is 17.2 Å². The summed E-state index contributed by atoms with van der Waals surface area (Å²) in [5, 5.41) is 7.26. The minimum Gasteiger partial charge on any atom is -0.497 e. The highest BCUT2D eigenvalue weighted by Crippen LogP contribution is 2.31. The van der Waals surface area contributed by atoms with Crippen molar-refractivity contribution >= 4 is 17.5 Å². The lowest BCUT2D eigenvalue weighted by Gasteiger charge is -2.16. The van der Waals surface area contributed by atoms with Crippen molar-refractivity contribution in [3.63, 3.8) is 0 Å². The number of amides is 1. The summed E-state index contributed by atoms with van der Waals surface area (Å²) in [4.78, 5) is 16.8. The van der Waals surface area contributed by atoms with Crippen molar-refractivity contribution in [2.75, 3.05) is 14.2 Å². The van der Waals surface area contributed by atoms with Crippen LogP contribution < -0.4 is 19.5 Å². The Hall–Kier alpha value is -3.26. The quantitative estimate of drug-likeness (QED) is 0.549. The highest BCUT2D eigenvalue weighted by atomic mass is 35.5. The summed E-state index contributed by atoms with van der Waals surface area (Å²) in [7, 11) is 3.12. The minimum absolute atomic E-state index is 0.0692. The number of nitrogens with one attached hydrogen (secondary N) is 1. The van der Waals surface area contributed by atoms with E-state index in [1.54, 1.807) is 56.7 Å². The van der Waals surface area contributed by atoms with Crippen molar-refractivity contribution in [1.82, 2.24) is 15.5 Å². The van der Waals surface area contributed by atoms with E-state index in [4.69, 9.17) is 30.3 Å². The van der Waals surface area contributed by atoms with E-state index in [-0.39, 0.29) is 18.3 Å². The van der Waals surface area contributed by atoms with Crippen LogP contribution in [-0.2, 0) is 11.3 Å². The predicted molar refractivity (Wildman–Crippen MR) is 111 cm³/mol. The van der Waals surface area contributed by atoms with Gasteiger partial charge in [0, 0.05) is 11.1 Å². The topological polar surface area (TPSA) is 95.7 Å². The Morgan fingerprint density at radius 2 is 2.00 bits per heavy atom. The fraction of sp³-hybridized carbons (Fsp3) is 0.286. The maximum atomic E-state index is 12.5. The number of carbonyl (C=O) groups excluding carboxylic acids is 1. The van der Waals surface area contributed by atoms with Gasteiger partial charge in [0.05, 0.1) is 26.3 Å².